The van der Waals surface area contributed by atoms with E-state index in [1.807, 2.05) is 24.3 Å². The normalized spacial score (nSPS) is 25.5. The van der Waals surface area contributed by atoms with Crippen molar-refractivity contribution in [2.24, 2.45) is 11.7 Å². The van der Waals surface area contributed by atoms with Gasteiger partial charge in [0.25, 0.3) is 0 Å². The maximum Gasteiger partial charge on any atom is 0.124 e. The Kier molecular flexibility index (Phi) is 3.27. The first-order chi connectivity index (χ1) is 7.29. The van der Waals surface area contributed by atoms with Crippen molar-refractivity contribution < 1.29 is 4.74 Å². The molecule has 0 radical (unpaired) electrons. The molecule has 82 valence electrons. The fourth-order valence-electron chi connectivity index (χ4n) is 2.23. The summed E-state index contributed by atoms with van der Waals surface area (Å²) in [7, 11) is 0. The predicted molar refractivity (Wildman–Crippen MR) is 61.8 cm³/mol. The Morgan fingerprint density at radius 1 is 1.33 bits per heavy atom. The molecule has 2 rings (SSSR count). The lowest BCUT2D eigenvalue weighted by molar-refractivity contribution is 0.203. The van der Waals surface area contributed by atoms with E-state index in [1.54, 1.807) is 0 Å². The van der Waals surface area contributed by atoms with Crippen molar-refractivity contribution in [1.29, 1.82) is 0 Å². The van der Waals surface area contributed by atoms with E-state index in [0.717, 1.165) is 17.2 Å². The smallest absolute Gasteiger partial charge is 0.124 e. The van der Waals surface area contributed by atoms with Gasteiger partial charge in [0.15, 0.2) is 0 Å². The molecule has 0 saturated heterocycles. The third-order valence-corrected chi connectivity index (χ3v) is 3.13. The molecule has 2 N–H and O–H groups in total. The molecule has 2 heteroatoms. The Balaban J connectivity index is 2.04. The van der Waals surface area contributed by atoms with Gasteiger partial charge in [-0.25, -0.2) is 0 Å². The van der Waals surface area contributed by atoms with E-state index in [9.17, 15) is 0 Å². The maximum absolute atomic E-state index is 5.99. The number of benzene rings is 1. The second-order valence-electron chi connectivity index (χ2n) is 4.47. The summed E-state index contributed by atoms with van der Waals surface area (Å²) in [6.45, 7) is 2.84. The van der Waals surface area contributed by atoms with E-state index in [2.05, 4.69) is 6.92 Å². The number of hydrogen-bond donors (Lipinski definition) is 1. The molecule has 2 atom stereocenters. The van der Waals surface area contributed by atoms with Crippen molar-refractivity contribution in [2.75, 3.05) is 0 Å². The zero-order valence-electron chi connectivity index (χ0n) is 9.28. The third kappa shape index (κ3) is 2.51. The zero-order chi connectivity index (χ0) is 10.7. The molecule has 0 heterocycles. The van der Waals surface area contributed by atoms with Crippen LogP contribution in [0.2, 0.25) is 0 Å². The summed E-state index contributed by atoms with van der Waals surface area (Å²) in [6.07, 6.45) is 4.04. The van der Waals surface area contributed by atoms with Gasteiger partial charge in [-0.3, -0.25) is 0 Å². The monoisotopic (exact) mass is 205 g/mol. The van der Waals surface area contributed by atoms with Gasteiger partial charge in [-0.2, -0.15) is 0 Å². The highest BCUT2D eigenvalue weighted by Gasteiger charge is 2.23. The molecule has 1 aromatic rings. The summed E-state index contributed by atoms with van der Waals surface area (Å²) in [5.74, 6) is 1.78. The highest BCUT2D eigenvalue weighted by molar-refractivity contribution is 5.33. The van der Waals surface area contributed by atoms with Crippen molar-refractivity contribution in [3.63, 3.8) is 0 Å². The minimum Gasteiger partial charge on any atom is -0.490 e. The van der Waals surface area contributed by atoms with Crippen LogP contribution < -0.4 is 10.5 Å². The number of hydrogen-bond acceptors (Lipinski definition) is 2. The average Bonchev–Trinajstić information content (AvgIpc) is 2.65. The predicted octanol–water partition coefficient (Wildman–Crippen LogP) is 2.71. The number of nitrogens with two attached hydrogens (primary N) is 1. The van der Waals surface area contributed by atoms with E-state index in [4.69, 9.17) is 10.5 Å². The second kappa shape index (κ2) is 4.67. The van der Waals surface area contributed by atoms with Crippen LogP contribution in [0.3, 0.4) is 0 Å². The SMILES string of the molecule is CC1CCC(Oc2ccccc2CN)C1. The molecule has 0 aliphatic heterocycles. The second-order valence-corrected chi connectivity index (χ2v) is 4.47. The van der Waals surface area contributed by atoms with Crippen molar-refractivity contribution in [2.45, 2.75) is 38.8 Å². The molecule has 2 nitrogen and oxygen atoms in total. The van der Waals surface area contributed by atoms with E-state index < -0.39 is 0 Å². The summed E-state index contributed by atoms with van der Waals surface area (Å²) in [6, 6.07) is 8.07. The van der Waals surface area contributed by atoms with Gasteiger partial charge in [0.2, 0.25) is 0 Å². The lowest BCUT2D eigenvalue weighted by atomic mass is 10.1. The van der Waals surface area contributed by atoms with E-state index in [1.165, 1.54) is 19.3 Å². The molecule has 1 aliphatic carbocycles. The topological polar surface area (TPSA) is 35.2 Å². The van der Waals surface area contributed by atoms with Gasteiger partial charge in [0, 0.05) is 12.1 Å². The highest BCUT2D eigenvalue weighted by Crippen LogP contribution is 2.29. The highest BCUT2D eigenvalue weighted by atomic mass is 16.5. The fourth-order valence-corrected chi connectivity index (χ4v) is 2.23. The Hall–Kier alpha value is -1.02. The van der Waals surface area contributed by atoms with E-state index >= 15 is 0 Å². The Morgan fingerprint density at radius 2 is 2.13 bits per heavy atom. The number of ether oxygens (including phenoxy) is 1. The van der Waals surface area contributed by atoms with Crippen molar-refractivity contribution in [3.8, 4) is 5.75 Å². The van der Waals surface area contributed by atoms with Gasteiger partial charge in [-0.05, 0) is 31.2 Å². The van der Waals surface area contributed by atoms with Crippen molar-refractivity contribution in [3.05, 3.63) is 29.8 Å². The van der Waals surface area contributed by atoms with Crippen LogP contribution in [-0.2, 0) is 6.54 Å². The largest absolute Gasteiger partial charge is 0.490 e. The van der Waals surface area contributed by atoms with Gasteiger partial charge >= 0.3 is 0 Å². The zero-order valence-corrected chi connectivity index (χ0v) is 9.28. The standard InChI is InChI=1S/C13H19NO/c1-10-6-7-12(8-10)15-13-5-3-2-4-11(13)9-14/h2-5,10,12H,6-9,14H2,1H3. The minimum atomic E-state index is 0.396. The lowest BCUT2D eigenvalue weighted by Crippen LogP contribution is -2.13. The first-order valence-corrected chi connectivity index (χ1v) is 5.74. The molecule has 0 amide bonds. The average molecular weight is 205 g/mol. The lowest BCUT2D eigenvalue weighted by Gasteiger charge is -2.16. The molecule has 0 spiro atoms. The van der Waals surface area contributed by atoms with Crippen LogP contribution >= 0.6 is 0 Å². The first-order valence-electron chi connectivity index (χ1n) is 5.74. The van der Waals surface area contributed by atoms with Crippen LogP contribution in [0.1, 0.15) is 31.7 Å². The Labute approximate surface area is 91.4 Å². The van der Waals surface area contributed by atoms with Gasteiger partial charge in [0.05, 0.1) is 6.10 Å². The molecule has 0 bridgehead atoms. The summed E-state index contributed by atoms with van der Waals surface area (Å²) in [5.41, 5.74) is 6.78. The van der Waals surface area contributed by atoms with Crippen molar-refractivity contribution in [1.82, 2.24) is 0 Å². The molecular formula is C13H19NO. The number of rotatable bonds is 3. The summed E-state index contributed by atoms with van der Waals surface area (Å²) in [4.78, 5) is 0. The molecule has 1 aliphatic rings. The molecule has 2 unspecified atom stereocenters. The minimum absolute atomic E-state index is 0.396. The van der Waals surface area contributed by atoms with Gasteiger partial charge in [0.1, 0.15) is 5.75 Å². The van der Waals surface area contributed by atoms with Crippen LogP contribution in [0.25, 0.3) is 0 Å². The molecule has 0 aromatic heterocycles. The molecule has 1 fully saturated rings. The number of para-hydroxylation sites is 1. The van der Waals surface area contributed by atoms with E-state index in [0.29, 0.717) is 12.6 Å². The maximum atomic E-state index is 5.99. The van der Waals surface area contributed by atoms with Gasteiger partial charge in [-0.15, -0.1) is 0 Å². The quantitative estimate of drug-likeness (QED) is 0.823. The molecular weight excluding hydrogens is 186 g/mol. The Morgan fingerprint density at radius 3 is 2.80 bits per heavy atom. The Bertz CT molecular complexity index is 324. The van der Waals surface area contributed by atoms with E-state index in [-0.39, 0.29) is 0 Å². The summed E-state index contributed by atoms with van der Waals surface area (Å²) in [5, 5.41) is 0. The first kappa shape index (κ1) is 10.5. The van der Waals surface area contributed by atoms with Gasteiger partial charge in [-0.1, -0.05) is 25.1 Å². The van der Waals surface area contributed by atoms with Crippen LogP contribution in [-0.4, -0.2) is 6.10 Å². The molecule has 1 saturated carbocycles. The van der Waals surface area contributed by atoms with Crippen LogP contribution in [0, 0.1) is 5.92 Å². The molecule has 1 aromatic carbocycles. The fraction of sp³-hybridized carbons (Fsp3) is 0.538. The summed E-state index contributed by atoms with van der Waals surface area (Å²) < 4.78 is 5.99. The van der Waals surface area contributed by atoms with Crippen LogP contribution in [0.4, 0.5) is 0 Å². The van der Waals surface area contributed by atoms with Crippen LogP contribution in [0.5, 0.6) is 5.75 Å². The van der Waals surface area contributed by atoms with Crippen LogP contribution in [0.15, 0.2) is 24.3 Å². The third-order valence-electron chi connectivity index (χ3n) is 3.13. The summed E-state index contributed by atoms with van der Waals surface area (Å²) >= 11 is 0. The molecule has 15 heavy (non-hydrogen) atoms. The van der Waals surface area contributed by atoms with Gasteiger partial charge < -0.3 is 10.5 Å². The van der Waals surface area contributed by atoms with Crippen molar-refractivity contribution >= 4 is 0 Å².